The van der Waals surface area contributed by atoms with E-state index in [-0.39, 0.29) is 5.82 Å². The number of ether oxygens (including phenoxy) is 2. The van der Waals surface area contributed by atoms with Crippen molar-refractivity contribution in [3.8, 4) is 22.6 Å². The van der Waals surface area contributed by atoms with Crippen LogP contribution in [0.15, 0.2) is 63.5 Å². The Morgan fingerprint density at radius 3 is 1.89 bits per heavy atom. The van der Waals surface area contributed by atoms with Crippen LogP contribution in [0, 0.1) is 9.39 Å². The number of methoxy groups -OCH3 is 2. The summed E-state index contributed by atoms with van der Waals surface area (Å²) in [4.78, 5) is 0. The van der Waals surface area contributed by atoms with Gasteiger partial charge in [0.25, 0.3) is 0 Å². The van der Waals surface area contributed by atoms with Crippen LogP contribution in [-0.4, -0.2) is 14.2 Å². The molecule has 0 saturated heterocycles. The van der Waals surface area contributed by atoms with E-state index in [4.69, 9.17) is 21.1 Å². The highest BCUT2D eigenvalue weighted by molar-refractivity contribution is 14.1. The standard InChI is InChI=1S/C13H9BrClFO.C7H6BrIO/c1-17-9-3-5-10(12(14)7-9)11-4-2-8(15)6-13(11)16;1-10-5-2-3-7(9)6(8)4-5/h2-7H,1H3;2-4H,1H3. The summed E-state index contributed by atoms with van der Waals surface area (Å²) < 4.78 is 26.9. The first-order valence-corrected chi connectivity index (χ1v) is 10.7. The number of rotatable bonds is 3. The van der Waals surface area contributed by atoms with Crippen LogP contribution < -0.4 is 9.47 Å². The van der Waals surface area contributed by atoms with Gasteiger partial charge in [0, 0.05) is 23.1 Å². The highest BCUT2D eigenvalue weighted by atomic mass is 127. The van der Waals surface area contributed by atoms with Gasteiger partial charge in [-0.3, -0.25) is 0 Å². The van der Waals surface area contributed by atoms with Gasteiger partial charge in [-0.2, -0.15) is 0 Å². The molecule has 0 bridgehead atoms. The zero-order chi connectivity index (χ0) is 20.0. The van der Waals surface area contributed by atoms with Gasteiger partial charge in [0.15, 0.2) is 0 Å². The number of halogens is 5. The van der Waals surface area contributed by atoms with Crippen LogP contribution in [0.3, 0.4) is 0 Å². The van der Waals surface area contributed by atoms with Crippen LogP contribution in [0.1, 0.15) is 0 Å². The van der Waals surface area contributed by atoms with E-state index in [9.17, 15) is 4.39 Å². The first kappa shape index (κ1) is 22.5. The van der Waals surface area contributed by atoms with E-state index < -0.39 is 0 Å². The molecule has 0 aliphatic carbocycles. The molecular weight excluding hydrogens is 613 g/mol. The molecule has 0 aliphatic rings. The molecule has 0 atom stereocenters. The first-order valence-electron chi connectivity index (χ1n) is 7.63. The second kappa shape index (κ2) is 10.6. The van der Waals surface area contributed by atoms with Crippen molar-refractivity contribution in [2.45, 2.75) is 0 Å². The summed E-state index contributed by atoms with van der Waals surface area (Å²) in [5, 5.41) is 0.385. The molecule has 142 valence electrons. The fourth-order valence-electron chi connectivity index (χ4n) is 2.15. The Kier molecular flexibility index (Phi) is 8.85. The summed E-state index contributed by atoms with van der Waals surface area (Å²) in [6.07, 6.45) is 0. The van der Waals surface area contributed by atoms with Crippen molar-refractivity contribution in [2.75, 3.05) is 14.2 Å². The third-order valence-corrected chi connectivity index (χ3v) is 6.75. The van der Waals surface area contributed by atoms with E-state index in [2.05, 4.69) is 54.5 Å². The second-order valence-corrected chi connectivity index (χ2v) is 8.56. The van der Waals surface area contributed by atoms with Gasteiger partial charge < -0.3 is 9.47 Å². The van der Waals surface area contributed by atoms with Crippen molar-refractivity contribution < 1.29 is 13.9 Å². The minimum absolute atomic E-state index is 0.344. The fourth-order valence-corrected chi connectivity index (χ4v) is 3.58. The average molecular weight is 629 g/mol. The number of hydrogen-bond donors (Lipinski definition) is 0. The van der Waals surface area contributed by atoms with E-state index in [0.29, 0.717) is 10.6 Å². The number of benzene rings is 3. The Morgan fingerprint density at radius 2 is 1.37 bits per heavy atom. The summed E-state index contributed by atoms with van der Waals surface area (Å²) in [7, 11) is 3.25. The molecule has 0 spiro atoms. The van der Waals surface area contributed by atoms with Crippen molar-refractivity contribution in [1.29, 1.82) is 0 Å². The monoisotopic (exact) mass is 626 g/mol. The molecule has 7 heteroatoms. The van der Waals surface area contributed by atoms with Gasteiger partial charge in [0.2, 0.25) is 0 Å². The highest BCUT2D eigenvalue weighted by Gasteiger charge is 2.09. The first-order chi connectivity index (χ1) is 12.8. The maximum atomic E-state index is 13.8. The van der Waals surface area contributed by atoms with Gasteiger partial charge >= 0.3 is 0 Å². The molecule has 0 saturated carbocycles. The summed E-state index contributed by atoms with van der Waals surface area (Å²) in [6, 6.07) is 15.9. The quantitative estimate of drug-likeness (QED) is 0.274. The largest absolute Gasteiger partial charge is 0.497 e. The summed E-state index contributed by atoms with van der Waals surface area (Å²) in [5.41, 5.74) is 1.27. The molecule has 0 aromatic heterocycles. The predicted octanol–water partition coefficient (Wildman–Crippen LogP) is 7.98. The van der Waals surface area contributed by atoms with Gasteiger partial charge in [-0.15, -0.1) is 0 Å². The molecule has 3 rings (SSSR count). The maximum absolute atomic E-state index is 13.8. The van der Waals surface area contributed by atoms with Gasteiger partial charge in [0.1, 0.15) is 17.3 Å². The van der Waals surface area contributed by atoms with Crippen molar-refractivity contribution in [3.63, 3.8) is 0 Å². The van der Waals surface area contributed by atoms with Crippen LogP contribution in [-0.2, 0) is 0 Å². The van der Waals surface area contributed by atoms with Crippen molar-refractivity contribution in [3.05, 3.63) is 78.0 Å². The predicted molar refractivity (Wildman–Crippen MR) is 125 cm³/mol. The minimum Gasteiger partial charge on any atom is -0.497 e. The Labute approximate surface area is 193 Å². The van der Waals surface area contributed by atoms with E-state index in [1.807, 2.05) is 18.2 Å². The lowest BCUT2D eigenvalue weighted by Crippen LogP contribution is -1.88. The van der Waals surface area contributed by atoms with Crippen molar-refractivity contribution >= 4 is 66.1 Å². The van der Waals surface area contributed by atoms with E-state index in [1.165, 1.54) is 9.64 Å². The van der Waals surface area contributed by atoms with Crippen molar-refractivity contribution in [1.82, 2.24) is 0 Å². The Bertz CT molecular complexity index is 938. The normalized spacial score (nSPS) is 10.0. The Hall–Kier alpha value is -0.830. The van der Waals surface area contributed by atoms with Gasteiger partial charge in [0.05, 0.1) is 14.2 Å². The smallest absolute Gasteiger partial charge is 0.132 e. The Morgan fingerprint density at radius 1 is 0.815 bits per heavy atom. The summed E-state index contributed by atoms with van der Waals surface area (Å²) in [6.45, 7) is 0. The molecule has 0 amide bonds. The van der Waals surface area contributed by atoms with Gasteiger partial charge in [-0.05, 0) is 98.7 Å². The maximum Gasteiger partial charge on any atom is 0.132 e. The molecule has 0 N–H and O–H groups in total. The molecule has 0 aliphatic heterocycles. The molecule has 27 heavy (non-hydrogen) atoms. The zero-order valence-electron chi connectivity index (χ0n) is 14.4. The van der Waals surface area contributed by atoms with E-state index in [1.54, 1.807) is 44.6 Å². The van der Waals surface area contributed by atoms with Crippen molar-refractivity contribution in [2.24, 2.45) is 0 Å². The van der Waals surface area contributed by atoms with Gasteiger partial charge in [-0.25, -0.2) is 4.39 Å². The molecular formula is C20H15Br2ClFIO2. The van der Waals surface area contributed by atoms with Crippen LogP contribution in [0.5, 0.6) is 11.5 Å². The fraction of sp³-hybridized carbons (Fsp3) is 0.100. The molecule has 0 fully saturated rings. The topological polar surface area (TPSA) is 18.5 Å². The summed E-state index contributed by atoms with van der Waals surface area (Å²) >= 11 is 14.8. The average Bonchev–Trinajstić information content (AvgIpc) is 2.65. The second-order valence-electron chi connectivity index (χ2n) is 5.25. The minimum atomic E-state index is -0.344. The lowest BCUT2D eigenvalue weighted by molar-refractivity contribution is 0.414. The SMILES string of the molecule is COc1ccc(-c2ccc(Cl)cc2F)c(Br)c1.COc1ccc(I)c(Br)c1. The molecule has 0 radical (unpaired) electrons. The molecule has 3 aromatic rings. The van der Waals surface area contributed by atoms with Crippen LogP contribution in [0.2, 0.25) is 5.02 Å². The van der Waals surface area contributed by atoms with Crippen LogP contribution >= 0.6 is 66.1 Å². The Balaban J connectivity index is 0.000000223. The zero-order valence-corrected chi connectivity index (χ0v) is 20.5. The summed E-state index contributed by atoms with van der Waals surface area (Å²) in [5.74, 6) is 1.26. The van der Waals surface area contributed by atoms with Crippen LogP contribution in [0.4, 0.5) is 4.39 Å². The van der Waals surface area contributed by atoms with E-state index in [0.717, 1.165) is 26.0 Å². The third-order valence-electron chi connectivity index (χ3n) is 3.52. The van der Waals surface area contributed by atoms with E-state index >= 15 is 0 Å². The molecule has 3 aromatic carbocycles. The van der Waals surface area contributed by atoms with Crippen LogP contribution in [0.25, 0.3) is 11.1 Å². The third kappa shape index (κ3) is 6.34. The van der Waals surface area contributed by atoms with Gasteiger partial charge in [-0.1, -0.05) is 27.5 Å². The highest BCUT2D eigenvalue weighted by Crippen LogP contribution is 2.33. The molecule has 2 nitrogen and oxygen atoms in total. The lowest BCUT2D eigenvalue weighted by atomic mass is 10.1. The number of hydrogen-bond acceptors (Lipinski definition) is 2. The lowest BCUT2D eigenvalue weighted by Gasteiger charge is -2.08. The molecule has 0 unspecified atom stereocenters. The molecule has 0 heterocycles.